The molecule has 0 bridgehead atoms. The highest BCUT2D eigenvalue weighted by molar-refractivity contribution is 5.76. The summed E-state index contributed by atoms with van der Waals surface area (Å²) in [4.78, 5) is 27.9. The Morgan fingerprint density at radius 2 is 2.00 bits per heavy atom. The normalized spacial score (nSPS) is 20.3. The number of benzene rings is 1. The van der Waals surface area contributed by atoms with Crippen molar-refractivity contribution in [2.24, 2.45) is 0 Å². The van der Waals surface area contributed by atoms with Crippen LogP contribution in [0.1, 0.15) is 25.0 Å². The van der Waals surface area contributed by atoms with Gasteiger partial charge in [-0.3, -0.25) is 0 Å². The fourth-order valence-corrected chi connectivity index (χ4v) is 4.16. The number of nitrogens with zero attached hydrogens (tertiary/aromatic N) is 3. The number of hydrogen-bond acceptors (Lipinski definition) is 5. The number of amides is 4. The first-order valence-corrected chi connectivity index (χ1v) is 11.1. The molecule has 0 radical (unpaired) electrons. The molecule has 1 aromatic carbocycles. The fraction of sp³-hybridized carbons (Fsp3) is 0.500. The van der Waals surface area contributed by atoms with E-state index >= 15 is 0 Å². The Morgan fingerprint density at radius 3 is 2.69 bits per heavy atom. The number of carbonyl (C=O) groups excluding carboxylic acids is 2. The van der Waals surface area contributed by atoms with Gasteiger partial charge in [0, 0.05) is 37.7 Å². The zero-order valence-electron chi connectivity index (χ0n) is 18.8. The second-order valence-electron chi connectivity index (χ2n) is 8.50. The molecule has 4 rings (SSSR count). The number of nitrogens with one attached hydrogen (secondary N) is 2. The first-order chi connectivity index (χ1) is 16.6. The summed E-state index contributed by atoms with van der Waals surface area (Å²) < 4.78 is 60.9. The standard InChI is InChI=1S/C22H25F4N5O4/c1-27-20(32)30-11-14(23)8-16(12-30)31(15-5-6-15)21(33)28-10-18-9-19(29-35-18)13-3-2-4-17(7-13)34-22(24,25)26/h2-4,7,9,14-16H,5-6,8,10-12H2,1H3,(H,27,32)(H,28,33)/t14-,16+/m0/s1. The van der Waals surface area contributed by atoms with Gasteiger partial charge in [0.05, 0.1) is 19.1 Å². The summed E-state index contributed by atoms with van der Waals surface area (Å²) in [5.74, 6) is -0.109. The van der Waals surface area contributed by atoms with E-state index in [9.17, 15) is 27.2 Å². The van der Waals surface area contributed by atoms with Crippen molar-refractivity contribution in [3.05, 3.63) is 36.1 Å². The minimum atomic E-state index is -4.82. The molecule has 0 spiro atoms. The number of likely N-dealkylation sites (tertiary alicyclic amines) is 1. The lowest BCUT2D eigenvalue weighted by molar-refractivity contribution is -0.274. The van der Waals surface area contributed by atoms with Crippen molar-refractivity contribution in [1.82, 2.24) is 25.6 Å². The summed E-state index contributed by atoms with van der Waals surface area (Å²) in [6.45, 7) is 0.178. The van der Waals surface area contributed by atoms with Gasteiger partial charge in [0.2, 0.25) is 0 Å². The van der Waals surface area contributed by atoms with Gasteiger partial charge in [0.15, 0.2) is 5.76 Å². The van der Waals surface area contributed by atoms with E-state index < -0.39 is 36.4 Å². The van der Waals surface area contributed by atoms with E-state index in [4.69, 9.17) is 4.52 Å². The Bertz CT molecular complexity index is 1060. The molecule has 1 aromatic heterocycles. The van der Waals surface area contributed by atoms with Crippen LogP contribution in [0.15, 0.2) is 34.9 Å². The second-order valence-corrected chi connectivity index (χ2v) is 8.50. The Kier molecular flexibility index (Phi) is 7.03. The zero-order valence-corrected chi connectivity index (χ0v) is 18.8. The van der Waals surface area contributed by atoms with Crippen LogP contribution in [0.2, 0.25) is 0 Å². The molecule has 2 aromatic rings. The maximum absolute atomic E-state index is 14.3. The lowest BCUT2D eigenvalue weighted by atomic mass is 10.0. The predicted octanol–water partition coefficient (Wildman–Crippen LogP) is 3.67. The van der Waals surface area contributed by atoms with E-state index in [1.54, 1.807) is 11.0 Å². The molecule has 1 saturated heterocycles. The van der Waals surface area contributed by atoms with Crippen molar-refractivity contribution in [2.75, 3.05) is 20.1 Å². The van der Waals surface area contributed by atoms with Crippen LogP contribution in [0, 0.1) is 0 Å². The van der Waals surface area contributed by atoms with Crippen LogP contribution < -0.4 is 15.4 Å². The molecule has 1 aliphatic carbocycles. The van der Waals surface area contributed by atoms with Gasteiger partial charge in [-0.2, -0.15) is 0 Å². The first kappa shape index (κ1) is 24.6. The summed E-state index contributed by atoms with van der Waals surface area (Å²) >= 11 is 0. The van der Waals surface area contributed by atoms with Gasteiger partial charge >= 0.3 is 18.4 Å². The highest BCUT2D eigenvalue weighted by Crippen LogP contribution is 2.32. The smallest absolute Gasteiger partial charge is 0.406 e. The van der Waals surface area contributed by atoms with E-state index in [2.05, 4.69) is 20.5 Å². The van der Waals surface area contributed by atoms with E-state index in [-0.39, 0.29) is 43.6 Å². The number of rotatable bonds is 6. The maximum atomic E-state index is 14.3. The number of carbonyl (C=O) groups is 2. The Labute approximate surface area is 198 Å². The van der Waals surface area contributed by atoms with Gasteiger partial charge in [-0.05, 0) is 25.0 Å². The third kappa shape index (κ3) is 6.34. The average Bonchev–Trinajstić information content (AvgIpc) is 3.51. The molecule has 2 aliphatic rings. The van der Waals surface area contributed by atoms with Crippen LogP contribution in [0.5, 0.6) is 5.75 Å². The van der Waals surface area contributed by atoms with Gasteiger partial charge in [0.25, 0.3) is 0 Å². The third-order valence-electron chi connectivity index (χ3n) is 5.78. The van der Waals surface area contributed by atoms with E-state index in [0.717, 1.165) is 12.8 Å². The topological polar surface area (TPSA) is 99.9 Å². The highest BCUT2D eigenvalue weighted by Gasteiger charge is 2.42. The second kappa shape index (κ2) is 10.0. The van der Waals surface area contributed by atoms with Gasteiger partial charge in [0.1, 0.15) is 17.6 Å². The van der Waals surface area contributed by atoms with E-state index in [1.807, 2.05) is 0 Å². The van der Waals surface area contributed by atoms with Crippen LogP contribution in [-0.2, 0) is 6.54 Å². The van der Waals surface area contributed by atoms with Crippen LogP contribution in [0.25, 0.3) is 11.3 Å². The molecule has 190 valence electrons. The molecule has 13 heteroatoms. The Hall–Kier alpha value is -3.51. The number of ether oxygens (including phenoxy) is 1. The minimum Gasteiger partial charge on any atom is -0.406 e. The number of halogens is 4. The quantitative estimate of drug-likeness (QED) is 0.591. The van der Waals surface area contributed by atoms with Gasteiger partial charge in [-0.15, -0.1) is 13.2 Å². The minimum absolute atomic E-state index is 0.0215. The maximum Gasteiger partial charge on any atom is 0.573 e. The monoisotopic (exact) mass is 499 g/mol. The van der Waals surface area contributed by atoms with Crippen LogP contribution >= 0.6 is 0 Å². The highest BCUT2D eigenvalue weighted by atomic mass is 19.4. The van der Waals surface area contributed by atoms with Crippen LogP contribution in [0.4, 0.5) is 27.2 Å². The fourth-order valence-electron chi connectivity index (χ4n) is 4.16. The van der Waals surface area contributed by atoms with Gasteiger partial charge < -0.3 is 29.7 Å². The molecule has 0 unspecified atom stereocenters. The lowest BCUT2D eigenvalue weighted by Gasteiger charge is -2.40. The summed E-state index contributed by atoms with van der Waals surface area (Å²) in [7, 11) is 1.47. The number of piperidine rings is 1. The number of aromatic nitrogens is 1. The van der Waals surface area contributed by atoms with Crippen molar-refractivity contribution in [2.45, 2.75) is 50.4 Å². The summed E-state index contributed by atoms with van der Waals surface area (Å²) in [6, 6.07) is 5.48. The van der Waals surface area contributed by atoms with Crippen LogP contribution in [-0.4, -0.2) is 71.8 Å². The molecular weight excluding hydrogens is 474 g/mol. The number of hydrogen-bond donors (Lipinski definition) is 2. The molecule has 2 N–H and O–H groups in total. The van der Waals surface area contributed by atoms with E-state index in [0.29, 0.717) is 5.56 Å². The van der Waals surface area contributed by atoms with Crippen molar-refractivity contribution in [1.29, 1.82) is 0 Å². The molecule has 4 amide bonds. The SMILES string of the molecule is CNC(=O)N1C[C@@H](F)C[C@@H](N(C(=O)NCc2cc(-c3cccc(OC(F)(F)F)c3)no2)C2CC2)C1. The third-order valence-corrected chi connectivity index (χ3v) is 5.78. The lowest BCUT2D eigenvalue weighted by Crippen LogP contribution is -2.58. The molecule has 1 aliphatic heterocycles. The summed E-state index contributed by atoms with van der Waals surface area (Å²) in [5, 5.41) is 9.08. The van der Waals surface area contributed by atoms with E-state index in [1.165, 1.54) is 36.2 Å². The molecule has 2 atom stereocenters. The number of urea groups is 2. The molecule has 1 saturated carbocycles. The summed E-state index contributed by atoms with van der Waals surface area (Å²) in [5.41, 5.74) is 0.618. The zero-order chi connectivity index (χ0) is 25.2. The number of alkyl halides is 4. The van der Waals surface area contributed by atoms with Crippen molar-refractivity contribution in [3.63, 3.8) is 0 Å². The van der Waals surface area contributed by atoms with Crippen LogP contribution in [0.3, 0.4) is 0 Å². The van der Waals surface area contributed by atoms with Gasteiger partial charge in [-0.1, -0.05) is 17.3 Å². The van der Waals surface area contributed by atoms with Crippen molar-refractivity contribution in [3.8, 4) is 17.0 Å². The molecule has 35 heavy (non-hydrogen) atoms. The van der Waals surface area contributed by atoms with Crippen molar-refractivity contribution >= 4 is 12.1 Å². The molecular formula is C22H25F4N5O4. The van der Waals surface area contributed by atoms with Gasteiger partial charge in [-0.25, -0.2) is 14.0 Å². The molecule has 9 nitrogen and oxygen atoms in total. The first-order valence-electron chi connectivity index (χ1n) is 11.1. The summed E-state index contributed by atoms with van der Waals surface area (Å²) in [6.07, 6.45) is -4.33. The molecule has 2 heterocycles. The average molecular weight is 499 g/mol. The van der Waals surface area contributed by atoms with Crippen molar-refractivity contribution < 1.29 is 36.4 Å². The Balaban J connectivity index is 1.39. The molecule has 2 fully saturated rings. The largest absolute Gasteiger partial charge is 0.573 e. The Morgan fingerprint density at radius 1 is 1.23 bits per heavy atom. The predicted molar refractivity (Wildman–Crippen MR) is 115 cm³/mol.